The molecule has 1 saturated carbocycles. The number of rotatable bonds is 7. The first-order chi connectivity index (χ1) is 11.1. The van der Waals surface area contributed by atoms with Gasteiger partial charge in [-0.15, -0.1) is 0 Å². The van der Waals surface area contributed by atoms with Crippen LogP contribution in [0.2, 0.25) is 0 Å². The summed E-state index contributed by atoms with van der Waals surface area (Å²) in [5.41, 5.74) is 0.372. The summed E-state index contributed by atoms with van der Waals surface area (Å²) in [5.74, 6) is 0.695. The molecule has 6 nitrogen and oxygen atoms in total. The van der Waals surface area contributed by atoms with Crippen molar-refractivity contribution in [2.75, 3.05) is 25.5 Å². The zero-order chi connectivity index (χ0) is 16.7. The molecule has 2 rings (SSSR count). The molecule has 0 atom stereocenters. The van der Waals surface area contributed by atoms with Crippen LogP contribution in [0.1, 0.15) is 38.5 Å². The third-order valence-electron chi connectivity index (χ3n) is 4.55. The molecule has 1 aliphatic rings. The van der Waals surface area contributed by atoms with Crippen LogP contribution in [0.4, 0.5) is 11.4 Å². The number of nitrogens with one attached hydrogen (secondary N) is 1. The maximum atomic E-state index is 12.2. The third kappa shape index (κ3) is 5.23. The van der Waals surface area contributed by atoms with Crippen molar-refractivity contribution in [2.45, 2.75) is 38.5 Å². The Morgan fingerprint density at radius 2 is 2.00 bits per heavy atom. The SMILES string of the molecule is CN(CCC1CCCCC1)C(=O)CNc1ccccc1[N+](=O)[O-]. The summed E-state index contributed by atoms with van der Waals surface area (Å²) in [5, 5.41) is 13.8. The largest absolute Gasteiger partial charge is 0.371 e. The minimum atomic E-state index is -0.445. The molecule has 1 fully saturated rings. The number of carbonyl (C=O) groups excluding carboxylic acids is 1. The van der Waals surface area contributed by atoms with Crippen molar-refractivity contribution in [2.24, 2.45) is 5.92 Å². The van der Waals surface area contributed by atoms with Crippen LogP contribution in [-0.4, -0.2) is 35.9 Å². The minimum absolute atomic E-state index is 0.00911. The van der Waals surface area contributed by atoms with E-state index in [9.17, 15) is 14.9 Å². The van der Waals surface area contributed by atoms with Gasteiger partial charge in [-0.05, 0) is 18.4 Å². The van der Waals surface area contributed by atoms with Gasteiger partial charge in [0.1, 0.15) is 5.69 Å². The van der Waals surface area contributed by atoms with Crippen molar-refractivity contribution < 1.29 is 9.72 Å². The van der Waals surface area contributed by atoms with E-state index in [-0.39, 0.29) is 18.1 Å². The Balaban J connectivity index is 1.78. The van der Waals surface area contributed by atoms with Gasteiger partial charge in [-0.2, -0.15) is 0 Å². The normalized spacial score (nSPS) is 15.2. The van der Waals surface area contributed by atoms with Gasteiger partial charge in [0.05, 0.1) is 11.5 Å². The Morgan fingerprint density at radius 1 is 1.30 bits per heavy atom. The first kappa shape index (κ1) is 17.2. The molecule has 1 aliphatic carbocycles. The maximum Gasteiger partial charge on any atom is 0.292 e. The zero-order valence-corrected chi connectivity index (χ0v) is 13.7. The minimum Gasteiger partial charge on any atom is -0.371 e. The van der Waals surface area contributed by atoms with Crippen LogP contribution in [0.3, 0.4) is 0 Å². The number of nitro groups is 1. The fourth-order valence-electron chi connectivity index (χ4n) is 3.06. The molecule has 0 aliphatic heterocycles. The molecular formula is C17H25N3O3. The molecule has 0 bridgehead atoms. The van der Waals surface area contributed by atoms with Crippen LogP contribution in [0.5, 0.6) is 0 Å². The number of amides is 1. The standard InChI is InChI=1S/C17H25N3O3/c1-19(12-11-14-7-3-2-4-8-14)17(21)13-18-15-9-5-6-10-16(15)20(22)23/h5-6,9-10,14,18H,2-4,7-8,11-13H2,1H3. The molecule has 0 unspecified atom stereocenters. The molecule has 1 N–H and O–H groups in total. The van der Waals surface area contributed by atoms with Crippen LogP contribution in [0.25, 0.3) is 0 Å². The smallest absolute Gasteiger partial charge is 0.292 e. The Labute approximate surface area is 137 Å². The van der Waals surface area contributed by atoms with E-state index in [0.717, 1.165) is 18.9 Å². The molecule has 0 saturated heterocycles. The van der Waals surface area contributed by atoms with Crippen molar-refractivity contribution in [3.8, 4) is 0 Å². The van der Waals surface area contributed by atoms with E-state index in [1.54, 1.807) is 30.1 Å². The fraction of sp³-hybridized carbons (Fsp3) is 0.588. The highest BCUT2D eigenvalue weighted by molar-refractivity contribution is 5.81. The van der Waals surface area contributed by atoms with Gasteiger partial charge >= 0.3 is 0 Å². The Morgan fingerprint density at radius 3 is 2.70 bits per heavy atom. The topological polar surface area (TPSA) is 75.5 Å². The van der Waals surface area contributed by atoms with Crippen LogP contribution in [0, 0.1) is 16.0 Å². The average Bonchev–Trinajstić information content (AvgIpc) is 2.58. The van der Waals surface area contributed by atoms with Gasteiger partial charge < -0.3 is 10.2 Å². The number of nitrogens with zero attached hydrogens (tertiary/aromatic N) is 2. The Kier molecular flexibility index (Phi) is 6.38. The number of likely N-dealkylation sites (N-methyl/N-ethyl adjacent to an activating group) is 1. The number of para-hydroxylation sites is 2. The number of anilines is 1. The summed E-state index contributed by atoms with van der Waals surface area (Å²) >= 11 is 0. The average molecular weight is 319 g/mol. The molecule has 1 aromatic rings. The maximum absolute atomic E-state index is 12.2. The lowest BCUT2D eigenvalue weighted by Gasteiger charge is -2.24. The molecule has 0 aromatic heterocycles. The lowest BCUT2D eigenvalue weighted by Crippen LogP contribution is -2.34. The van der Waals surface area contributed by atoms with Crippen LogP contribution < -0.4 is 5.32 Å². The summed E-state index contributed by atoms with van der Waals surface area (Å²) in [6.07, 6.45) is 7.55. The summed E-state index contributed by atoms with van der Waals surface area (Å²) in [7, 11) is 1.80. The molecule has 23 heavy (non-hydrogen) atoms. The van der Waals surface area contributed by atoms with E-state index >= 15 is 0 Å². The van der Waals surface area contributed by atoms with Gasteiger partial charge in [-0.1, -0.05) is 44.2 Å². The van der Waals surface area contributed by atoms with Gasteiger partial charge in [0, 0.05) is 19.7 Å². The van der Waals surface area contributed by atoms with E-state index in [4.69, 9.17) is 0 Å². The highest BCUT2D eigenvalue weighted by Crippen LogP contribution is 2.26. The molecule has 1 amide bonds. The van der Waals surface area contributed by atoms with Crippen LogP contribution in [0.15, 0.2) is 24.3 Å². The molecule has 0 heterocycles. The van der Waals surface area contributed by atoms with E-state index in [1.165, 1.54) is 38.2 Å². The molecule has 126 valence electrons. The first-order valence-electron chi connectivity index (χ1n) is 8.29. The number of carbonyl (C=O) groups is 1. The number of hydrogen-bond acceptors (Lipinski definition) is 4. The quantitative estimate of drug-likeness (QED) is 0.617. The predicted octanol–water partition coefficient (Wildman–Crippen LogP) is 3.44. The van der Waals surface area contributed by atoms with E-state index < -0.39 is 4.92 Å². The van der Waals surface area contributed by atoms with E-state index in [0.29, 0.717) is 5.69 Å². The van der Waals surface area contributed by atoms with Gasteiger partial charge in [0.25, 0.3) is 5.69 Å². The lowest BCUT2D eigenvalue weighted by molar-refractivity contribution is -0.383. The van der Waals surface area contributed by atoms with Crippen LogP contribution >= 0.6 is 0 Å². The number of nitro benzene ring substituents is 1. The second kappa shape index (κ2) is 8.50. The summed E-state index contributed by atoms with van der Waals surface area (Å²) in [6, 6.07) is 6.38. The van der Waals surface area contributed by atoms with Gasteiger partial charge in [-0.25, -0.2) is 0 Å². The van der Waals surface area contributed by atoms with Crippen molar-refractivity contribution >= 4 is 17.3 Å². The monoisotopic (exact) mass is 319 g/mol. The molecular weight excluding hydrogens is 294 g/mol. The number of benzene rings is 1. The lowest BCUT2D eigenvalue weighted by atomic mass is 9.87. The molecule has 0 radical (unpaired) electrons. The number of hydrogen-bond donors (Lipinski definition) is 1. The van der Waals surface area contributed by atoms with E-state index in [2.05, 4.69) is 5.32 Å². The van der Waals surface area contributed by atoms with Crippen molar-refractivity contribution in [3.05, 3.63) is 34.4 Å². The highest BCUT2D eigenvalue weighted by atomic mass is 16.6. The summed E-state index contributed by atoms with van der Waals surface area (Å²) in [6.45, 7) is 0.827. The zero-order valence-electron chi connectivity index (χ0n) is 13.7. The predicted molar refractivity (Wildman–Crippen MR) is 90.4 cm³/mol. The van der Waals surface area contributed by atoms with Crippen molar-refractivity contribution in [1.29, 1.82) is 0 Å². The van der Waals surface area contributed by atoms with Crippen molar-refractivity contribution in [3.63, 3.8) is 0 Å². The van der Waals surface area contributed by atoms with Gasteiger partial charge in [-0.3, -0.25) is 14.9 Å². The van der Waals surface area contributed by atoms with Gasteiger partial charge in [0.15, 0.2) is 0 Å². The first-order valence-corrected chi connectivity index (χ1v) is 8.29. The highest BCUT2D eigenvalue weighted by Gasteiger charge is 2.17. The Bertz CT molecular complexity index is 542. The second-order valence-electron chi connectivity index (χ2n) is 6.24. The third-order valence-corrected chi connectivity index (χ3v) is 4.55. The Hall–Kier alpha value is -2.11. The fourth-order valence-corrected chi connectivity index (χ4v) is 3.06. The van der Waals surface area contributed by atoms with Crippen molar-refractivity contribution in [1.82, 2.24) is 4.90 Å². The van der Waals surface area contributed by atoms with E-state index in [1.807, 2.05) is 0 Å². The van der Waals surface area contributed by atoms with Gasteiger partial charge in [0.2, 0.25) is 5.91 Å². The summed E-state index contributed by atoms with van der Waals surface area (Å²) in [4.78, 5) is 24.4. The molecule has 0 spiro atoms. The second-order valence-corrected chi connectivity index (χ2v) is 6.24. The van der Waals surface area contributed by atoms with Crippen LogP contribution in [-0.2, 0) is 4.79 Å². The molecule has 1 aromatic carbocycles. The molecule has 6 heteroatoms. The summed E-state index contributed by atoms with van der Waals surface area (Å²) < 4.78 is 0.